The number of rotatable bonds is 4. The summed E-state index contributed by atoms with van der Waals surface area (Å²) in [6, 6.07) is 8.08. The van der Waals surface area contributed by atoms with Crippen molar-refractivity contribution in [1.29, 1.82) is 0 Å². The Morgan fingerprint density at radius 2 is 1.42 bits per heavy atom. The number of hydrogen-bond donors (Lipinski definition) is 2. The van der Waals surface area contributed by atoms with E-state index in [1.165, 1.54) is 0 Å². The van der Waals surface area contributed by atoms with Crippen molar-refractivity contribution in [2.45, 2.75) is 9.79 Å². The Morgan fingerprint density at radius 3 is 1.81 bits per heavy atom. The molecule has 0 saturated heterocycles. The Kier molecular flexibility index (Phi) is 7.39. The minimum Gasteiger partial charge on any atom is -0.508 e. The zero-order chi connectivity index (χ0) is 20.1. The molecule has 0 aliphatic heterocycles. The summed E-state index contributed by atoms with van der Waals surface area (Å²) in [7, 11) is 4.27. The third kappa shape index (κ3) is 6.13. The number of methoxy groups -OCH3 is 2. The molecular formula is C14H14Cl2O8S2. The molecule has 0 aromatic heterocycles. The molecule has 0 radical (unpaired) electrons. The monoisotopic (exact) mass is 444 g/mol. The molecule has 2 aromatic rings. The standard InChI is InChI=1S/C7H6Cl2O6S2.C7H8O2/c1-15-5-2-4(10)6(16(8,11)12)3-7(5)17(9,13)14;1-9-7-4-2-3-6(8)5-7/h2-3,10H,1H3;2-5,8H,1H3. The zero-order valence-corrected chi connectivity index (χ0v) is 16.5. The lowest BCUT2D eigenvalue weighted by Gasteiger charge is -2.08. The van der Waals surface area contributed by atoms with Gasteiger partial charge in [0.05, 0.1) is 14.2 Å². The number of benzene rings is 2. The van der Waals surface area contributed by atoms with E-state index >= 15 is 0 Å². The molecule has 0 amide bonds. The number of ether oxygens (including phenoxy) is 2. The van der Waals surface area contributed by atoms with Gasteiger partial charge in [0, 0.05) is 33.5 Å². The highest BCUT2D eigenvalue weighted by Crippen LogP contribution is 2.36. The molecule has 0 atom stereocenters. The van der Waals surface area contributed by atoms with Crippen LogP contribution in [0.25, 0.3) is 0 Å². The Bertz CT molecular complexity index is 988. The number of phenolic OH excluding ortho intramolecular Hbond substituents is 2. The smallest absolute Gasteiger partial charge is 0.265 e. The van der Waals surface area contributed by atoms with Crippen molar-refractivity contribution in [2.24, 2.45) is 0 Å². The fraction of sp³-hybridized carbons (Fsp3) is 0.143. The molecule has 0 fully saturated rings. The largest absolute Gasteiger partial charge is 0.508 e. The fourth-order valence-corrected chi connectivity index (χ4v) is 3.70. The molecule has 0 spiro atoms. The molecule has 2 aromatic carbocycles. The van der Waals surface area contributed by atoms with Crippen molar-refractivity contribution in [1.82, 2.24) is 0 Å². The molecule has 0 aliphatic carbocycles. The van der Waals surface area contributed by atoms with Crippen LogP contribution in [-0.2, 0) is 18.1 Å². The summed E-state index contributed by atoms with van der Waals surface area (Å²) < 4.78 is 54.0. The van der Waals surface area contributed by atoms with Crippen LogP contribution in [0, 0.1) is 0 Å². The van der Waals surface area contributed by atoms with E-state index < -0.39 is 33.6 Å². The van der Waals surface area contributed by atoms with Crippen molar-refractivity contribution < 1.29 is 36.5 Å². The lowest BCUT2D eigenvalue weighted by atomic mass is 10.3. The van der Waals surface area contributed by atoms with Crippen molar-refractivity contribution in [3.8, 4) is 23.0 Å². The second-order valence-corrected chi connectivity index (χ2v) is 9.62. The summed E-state index contributed by atoms with van der Waals surface area (Å²) in [5, 5.41) is 18.2. The number of hydrogen-bond acceptors (Lipinski definition) is 8. The van der Waals surface area contributed by atoms with Crippen LogP contribution >= 0.6 is 21.4 Å². The normalized spacial score (nSPS) is 11.2. The van der Waals surface area contributed by atoms with Crippen LogP contribution in [0.3, 0.4) is 0 Å². The van der Waals surface area contributed by atoms with Crippen LogP contribution in [-0.4, -0.2) is 41.3 Å². The first-order valence-corrected chi connectivity index (χ1v) is 11.2. The number of halogens is 2. The topological polar surface area (TPSA) is 127 Å². The van der Waals surface area contributed by atoms with Gasteiger partial charge in [-0.1, -0.05) is 6.07 Å². The van der Waals surface area contributed by atoms with E-state index in [1.807, 2.05) is 0 Å². The number of aromatic hydroxyl groups is 2. The van der Waals surface area contributed by atoms with Crippen LogP contribution in [0.4, 0.5) is 0 Å². The third-order valence-electron chi connectivity index (χ3n) is 2.82. The maximum absolute atomic E-state index is 11.2. The molecule has 144 valence electrons. The quantitative estimate of drug-likeness (QED) is 0.688. The zero-order valence-electron chi connectivity index (χ0n) is 13.4. The average molecular weight is 445 g/mol. The first-order chi connectivity index (χ1) is 11.9. The van der Waals surface area contributed by atoms with Gasteiger partial charge in [0.25, 0.3) is 18.1 Å². The summed E-state index contributed by atoms with van der Waals surface area (Å²) in [6.07, 6.45) is 0. The Morgan fingerprint density at radius 1 is 0.846 bits per heavy atom. The lowest BCUT2D eigenvalue weighted by molar-refractivity contribution is 0.393. The second kappa shape index (κ2) is 8.67. The summed E-state index contributed by atoms with van der Waals surface area (Å²) in [4.78, 5) is -1.36. The fourth-order valence-electron chi connectivity index (χ4n) is 1.69. The van der Waals surface area contributed by atoms with E-state index in [9.17, 15) is 21.9 Å². The van der Waals surface area contributed by atoms with E-state index in [0.29, 0.717) is 11.8 Å². The molecule has 0 heterocycles. The SMILES string of the molecule is COc1cc(O)c(S(=O)(=O)Cl)cc1S(=O)(=O)Cl.COc1cccc(O)c1. The molecule has 2 rings (SSSR count). The molecule has 0 saturated carbocycles. The van der Waals surface area contributed by atoms with Gasteiger partial charge in [-0.05, 0) is 18.2 Å². The van der Waals surface area contributed by atoms with Crippen LogP contribution in [0.15, 0.2) is 46.2 Å². The number of phenols is 2. The van der Waals surface area contributed by atoms with Crippen LogP contribution in [0.5, 0.6) is 23.0 Å². The first kappa shape index (κ1) is 22.2. The van der Waals surface area contributed by atoms with Gasteiger partial charge in [0.1, 0.15) is 32.8 Å². The summed E-state index contributed by atoms with van der Waals surface area (Å²) >= 11 is 0. The van der Waals surface area contributed by atoms with Crippen LogP contribution in [0.1, 0.15) is 0 Å². The second-order valence-electron chi connectivity index (χ2n) is 4.55. The van der Waals surface area contributed by atoms with Gasteiger partial charge in [0.2, 0.25) is 0 Å². The predicted octanol–water partition coefficient (Wildman–Crippen LogP) is 2.66. The van der Waals surface area contributed by atoms with Crippen molar-refractivity contribution in [3.05, 3.63) is 36.4 Å². The predicted molar refractivity (Wildman–Crippen MR) is 95.4 cm³/mol. The molecule has 8 nitrogen and oxygen atoms in total. The minimum absolute atomic E-state index is 0.231. The maximum atomic E-state index is 11.2. The molecular weight excluding hydrogens is 431 g/mol. The van der Waals surface area contributed by atoms with Gasteiger partial charge >= 0.3 is 0 Å². The van der Waals surface area contributed by atoms with E-state index in [-0.39, 0.29) is 11.5 Å². The van der Waals surface area contributed by atoms with Crippen molar-refractivity contribution in [3.63, 3.8) is 0 Å². The molecule has 0 aliphatic rings. The highest BCUT2D eigenvalue weighted by Gasteiger charge is 2.24. The van der Waals surface area contributed by atoms with Crippen LogP contribution in [0.2, 0.25) is 0 Å². The molecule has 0 bridgehead atoms. The minimum atomic E-state index is -4.30. The maximum Gasteiger partial charge on any atom is 0.265 e. The van der Waals surface area contributed by atoms with Gasteiger partial charge in [-0.25, -0.2) is 16.8 Å². The van der Waals surface area contributed by atoms with Gasteiger partial charge in [0.15, 0.2) is 0 Å². The highest BCUT2D eigenvalue weighted by atomic mass is 35.7. The third-order valence-corrected chi connectivity index (χ3v) is 5.52. The van der Waals surface area contributed by atoms with Gasteiger partial charge in [-0.15, -0.1) is 0 Å². The van der Waals surface area contributed by atoms with Crippen molar-refractivity contribution >= 4 is 39.5 Å². The van der Waals surface area contributed by atoms with Gasteiger partial charge in [-0.2, -0.15) is 0 Å². The Balaban J connectivity index is 0.000000314. The van der Waals surface area contributed by atoms with Gasteiger partial charge in [-0.3, -0.25) is 0 Å². The van der Waals surface area contributed by atoms with E-state index in [0.717, 1.165) is 13.2 Å². The van der Waals surface area contributed by atoms with E-state index in [2.05, 4.69) is 4.74 Å². The molecule has 0 unspecified atom stereocenters. The summed E-state index contributed by atoms with van der Waals surface area (Å²) in [5.74, 6) is -0.119. The average Bonchev–Trinajstić information content (AvgIpc) is 2.52. The Labute approximate surface area is 159 Å². The van der Waals surface area contributed by atoms with E-state index in [4.69, 9.17) is 31.2 Å². The molecule has 12 heteroatoms. The van der Waals surface area contributed by atoms with Gasteiger partial charge < -0.3 is 19.7 Å². The first-order valence-electron chi connectivity index (χ1n) is 6.53. The summed E-state index contributed by atoms with van der Waals surface area (Å²) in [5.41, 5.74) is 0. The molecule has 2 N–H and O–H groups in total. The van der Waals surface area contributed by atoms with Crippen molar-refractivity contribution in [2.75, 3.05) is 14.2 Å². The lowest BCUT2D eigenvalue weighted by Crippen LogP contribution is -2.00. The highest BCUT2D eigenvalue weighted by molar-refractivity contribution is 8.14. The Hall–Kier alpha value is -1.88. The van der Waals surface area contributed by atoms with E-state index in [1.54, 1.807) is 31.4 Å². The summed E-state index contributed by atoms with van der Waals surface area (Å²) in [6.45, 7) is 0. The molecule has 26 heavy (non-hydrogen) atoms. The van der Waals surface area contributed by atoms with Crippen LogP contribution < -0.4 is 9.47 Å².